The van der Waals surface area contributed by atoms with Gasteiger partial charge in [-0.1, -0.05) is 18.2 Å². The van der Waals surface area contributed by atoms with E-state index in [4.69, 9.17) is 5.11 Å². The maximum absolute atomic E-state index is 11.2. The summed E-state index contributed by atoms with van der Waals surface area (Å²) in [5.41, 5.74) is 6.04. The molecule has 5 heteroatoms. The number of aryl methyl sites for hydroxylation is 2. The average molecular weight is 365 g/mol. The number of rotatable bonds is 4. The highest BCUT2D eigenvalue weighted by Crippen LogP contribution is 2.22. The Morgan fingerprint density at radius 1 is 1.07 bits per heavy atom. The van der Waals surface area contributed by atoms with Crippen molar-refractivity contribution in [3.63, 3.8) is 0 Å². The first-order valence-electron chi connectivity index (χ1n) is 9.09. The predicted octanol–water partition coefficient (Wildman–Crippen LogP) is 2.92. The van der Waals surface area contributed by atoms with Crippen molar-refractivity contribution >= 4 is 12.0 Å². The minimum atomic E-state index is 0.737. The van der Waals surface area contributed by atoms with E-state index < -0.39 is 0 Å². The van der Waals surface area contributed by atoms with Crippen molar-refractivity contribution in [3.05, 3.63) is 64.2 Å². The Morgan fingerprint density at radius 2 is 1.74 bits per heavy atom. The lowest BCUT2D eigenvalue weighted by molar-refractivity contribution is 0.112. The summed E-state index contributed by atoms with van der Waals surface area (Å²) in [5, 5.41) is 16.3. The number of anilines is 1. The second-order valence-corrected chi connectivity index (χ2v) is 6.65. The fourth-order valence-electron chi connectivity index (χ4n) is 3.45. The van der Waals surface area contributed by atoms with Gasteiger partial charge in [-0.15, -0.1) is 0 Å². The van der Waals surface area contributed by atoms with E-state index in [2.05, 4.69) is 28.9 Å². The van der Waals surface area contributed by atoms with Crippen LogP contribution in [-0.4, -0.2) is 49.6 Å². The van der Waals surface area contributed by atoms with Crippen molar-refractivity contribution in [2.45, 2.75) is 20.4 Å². The van der Waals surface area contributed by atoms with Crippen LogP contribution in [0.2, 0.25) is 0 Å². The van der Waals surface area contributed by atoms with Crippen LogP contribution >= 0.6 is 0 Å². The van der Waals surface area contributed by atoms with Crippen LogP contribution in [0.5, 0.6) is 0 Å². The van der Waals surface area contributed by atoms with Crippen LogP contribution < -0.4 is 4.90 Å². The number of aldehydes is 1. The molecular weight excluding hydrogens is 338 g/mol. The third-order valence-electron chi connectivity index (χ3n) is 4.98. The van der Waals surface area contributed by atoms with E-state index in [-0.39, 0.29) is 0 Å². The van der Waals surface area contributed by atoms with Crippen LogP contribution in [0.1, 0.15) is 32.6 Å². The Bertz CT molecular complexity index is 819. The van der Waals surface area contributed by atoms with Crippen molar-refractivity contribution in [3.8, 4) is 6.07 Å². The Balaban J connectivity index is 0.00000126. The van der Waals surface area contributed by atoms with Crippen molar-refractivity contribution in [2.24, 2.45) is 0 Å². The summed E-state index contributed by atoms with van der Waals surface area (Å²) >= 11 is 0. The van der Waals surface area contributed by atoms with E-state index in [9.17, 15) is 10.1 Å². The molecule has 1 aliphatic heterocycles. The average Bonchev–Trinajstić information content (AvgIpc) is 2.72. The van der Waals surface area contributed by atoms with Gasteiger partial charge in [0.15, 0.2) is 0 Å². The first-order valence-corrected chi connectivity index (χ1v) is 9.09. The maximum atomic E-state index is 11.2. The smallest absolute Gasteiger partial charge is 0.150 e. The molecule has 0 radical (unpaired) electrons. The van der Waals surface area contributed by atoms with Gasteiger partial charge in [-0.05, 0) is 48.7 Å². The second-order valence-electron chi connectivity index (χ2n) is 6.65. The van der Waals surface area contributed by atoms with E-state index in [1.807, 2.05) is 37.3 Å². The number of hydrogen-bond acceptors (Lipinski definition) is 5. The summed E-state index contributed by atoms with van der Waals surface area (Å²) in [6.07, 6.45) is 0.940. The maximum Gasteiger partial charge on any atom is 0.150 e. The molecule has 1 fully saturated rings. The van der Waals surface area contributed by atoms with Gasteiger partial charge in [0.1, 0.15) is 12.4 Å². The zero-order valence-corrected chi connectivity index (χ0v) is 16.3. The number of nitrogens with zero attached hydrogens (tertiary/aromatic N) is 3. The van der Waals surface area contributed by atoms with E-state index in [0.29, 0.717) is 0 Å². The highest BCUT2D eigenvalue weighted by atomic mass is 16.2. The number of carbonyl (C=O) groups excluding carboxylic acids is 1. The van der Waals surface area contributed by atoms with Gasteiger partial charge in [0.05, 0.1) is 11.3 Å². The minimum absolute atomic E-state index is 0.737. The molecule has 0 bridgehead atoms. The van der Waals surface area contributed by atoms with Gasteiger partial charge in [-0.25, -0.2) is 0 Å². The first kappa shape index (κ1) is 20.6. The third kappa shape index (κ3) is 4.94. The molecular formula is C22H27N3O2. The highest BCUT2D eigenvalue weighted by molar-refractivity contribution is 5.77. The molecule has 142 valence electrons. The summed E-state index contributed by atoms with van der Waals surface area (Å²) in [6.45, 7) is 8.66. The van der Waals surface area contributed by atoms with Crippen molar-refractivity contribution < 1.29 is 9.90 Å². The number of benzene rings is 2. The fraction of sp³-hybridized carbons (Fsp3) is 0.364. The van der Waals surface area contributed by atoms with Gasteiger partial charge >= 0.3 is 0 Å². The van der Waals surface area contributed by atoms with E-state index in [1.165, 1.54) is 11.1 Å². The largest absolute Gasteiger partial charge is 0.400 e. The molecule has 0 unspecified atom stereocenters. The molecule has 27 heavy (non-hydrogen) atoms. The van der Waals surface area contributed by atoms with Crippen LogP contribution in [0.3, 0.4) is 0 Å². The van der Waals surface area contributed by atoms with E-state index in [0.717, 1.165) is 68.5 Å². The number of aliphatic hydroxyl groups excluding tert-OH is 1. The highest BCUT2D eigenvalue weighted by Gasteiger charge is 2.19. The number of piperazine rings is 1. The molecule has 0 saturated carbocycles. The predicted molar refractivity (Wildman–Crippen MR) is 108 cm³/mol. The summed E-state index contributed by atoms with van der Waals surface area (Å²) in [5.74, 6) is 0. The second kappa shape index (κ2) is 9.86. The number of para-hydroxylation sites is 1. The Kier molecular flexibility index (Phi) is 7.54. The lowest BCUT2D eigenvalue weighted by atomic mass is 10.00. The normalized spacial score (nSPS) is 14.1. The lowest BCUT2D eigenvalue weighted by Gasteiger charge is -2.36. The van der Waals surface area contributed by atoms with Crippen molar-refractivity contribution in [2.75, 3.05) is 38.2 Å². The van der Waals surface area contributed by atoms with Crippen LogP contribution in [0.15, 0.2) is 36.4 Å². The van der Waals surface area contributed by atoms with Crippen LogP contribution in [0, 0.1) is 25.2 Å². The Labute approximate surface area is 161 Å². The Morgan fingerprint density at radius 3 is 2.37 bits per heavy atom. The van der Waals surface area contributed by atoms with Gasteiger partial charge in [-0.2, -0.15) is 5.26 Å². The molecule has 0 spiro atoms. The molecule has 0 aromatic heterocycles. The molecule has 2 aromatic rings. The summed E-state index contributed by atoms with van der Waals surface area (Å²) in [6, 6.07) is 14.2. The first-order chi connectivity index (χ1) is 13.1. The molecule has 0 amide bonds. The molecule has 3 rings (SSSR count). The Hall–Kier alpha value is -2.68. The van der Waals surface area contributed by atoms with Gasteiger partial charge in [0, 0.05) is 45.4 Å². The third-order valence-corrected chi connectivity index (χ3v) is 4.98. The fourth-order valence-corrected chi connectivity index (χ4v) is 3.45. The van der Waals surface area contributed by atoms with Crippen molar-refractivity contribution in [1.29, 1.82) is 5.26 Å². The van der Waals surface area contributed by atoms with Gasteiger partial charge < -0.3 is 10.0 Å². The molecule has 0 atom stereocenters. The minimum Gasteiger partial charge on any atom is -0.400 e. The van der Waals surface area contributed by atoms with Crippen LogP contribution in [0.4, 0.5) is 5.69 Å². The lowest BCUT2D eigenvalue weighted by Crippen LogP contribution is -2.46. The number of aliphatic hydroxyl groups is 1. The molecule has 1 saturated heterocycles. The van der Waals surface area contributed by atoms with E-state index in [1.54, 1.807) is 0 Å². The van der Waals surface area contributed by atoms with Crippen LogP contribution in [0.25, 0.3) is 0 Å². The molecule has 2 aromatic carbocycles. The number of carbonyl (C=O) groups is 1. The molecule has 1 heterocycles. The summed E-state index contributed by atoms with van der Waals surface area (Å²) in [7, 11) is 1.00. The monoisotopic (exact) mass is 365 g/mol. The molecule has 1 aliphatic rings. The zero-order chi connectivity index (χ0) is 19.8. The molecule has 5 nitrogen and oxygen atoms in total. The summed E-state index contributed by atoms with van der Waals surface area (Å²) in [4.78, 5) is 15.9. The number of hydrogen-bond donors (Lipinski definition) is 1. The molecule has 0 aliphatic carbocycles. The topological polar surface area (TPSA) is 67.6 Å². The molecule has 1 N–H and O–H groups in total. The van der Waals surface area contributed by atoms with Gasteiger partial charge in [-0.3, -0.25) is 9.69 Å². The van der Waals surface area contributed by atoms with Gasteiger partial charge in [0.25, 0.3) is 0 Å². The quantitative estimate of drug-likeness (QED) is 0.844. The number of nitriles is 1. The van der Waals surface area contributed by atoms with Gasteiger partial charge in [0.2, 0.25) is 0 Å². The van der Waals surface area contributed by atoms with E-state index >= 15 is 0 Å². The van der Waals surface area contributed by atoms with Crippen molar-refractivity contribution in [1.82, 2.24) is 4.90 Å². The summed E-state index contributed by atoms with van der Waals surface area (Å²) < 4.78 is 0. The SMILES string of the molecule is CO.Cc1cc(C)c(CN2CCN(c3ccccc3C#N)CC2)cc1C=O. The zero-order valence-electron chi connectivity index (χ0n) is 16.3. The standard InChI is InChI=1S/C21H23N3O.CH4O/c1-16-11-17(2)20(15-25)12-19(16)14-23-7-9-24(10-8-23)21-6-4-3-5-18(21)13-22;1-2/h3-6,11-12,15H,7-10,14H2,1-2H3;2H,1H3. The van der Waals surface area contributed by atoms with Crippen LogP contribution in [-0.2, 0) is 6.54 Å².